The molecule has 0 bridgehead atoms. The first-order valence-corrected chi connectivity index (χ1v) is 7.18. The van der Waals surface area contributed by atoms with Gasteiger partial charge in [-0.05, 0) is 26.0 Å². The number of aliphatic carboxylic acids is 1. The molecule has 0 radical (unpaired) electrons. The second-order valence-corrected chi connectivity index (χ2v) is 6.54. The molecule has 112 valence electrons. The first-order chi connectivity index (χ1) is 9.77. The summed E-state index contributed by atoms with van der Waals surface area (Å²) in [5.74, 6) is -1.37. The molecular weight excluding hydrogens is 290 g/mol. The molecule has 0 aliphatic rings. The van der Waals surface area contributed by atoms with Crippen LogP contribution in [0.1, 0.15) is 19.4 Å². The smallest absolute Gasteiger partial charge is 0.321 e. The third-order valence-corrected chi connectivity index (χ3v) is 4.32. The summed E-state index contributed by atoms with van der Waals surface area (Å²) >= 11 is 1.16. The summed E-state index contributed by atoms with van der Waals surface area (Å²) in [6, 6.07) is 7.58. The number of nitriles is 1. The maximum atomic E-state index is 11.9. The number of anilines is 1. The Balaban J connectivity index is 2.63. The molecule has 0 aliphatic heterocycles. The third-order valence-electron chi connectivity index (χ3n) is 2.91. The van der Waals surface area contributed by atoms with Crippen molar-refractivity contribution in [2.24, 2.45) is 5.73 Å². The Hall–Kier alpha value is -2.04. The number of hydrogen-bond donors (Lipinski definition) is 3. The topological polar surface area (TPSA) is 116 Å². The summed E-state index contributed by atoms with van der Waals surface area (Å²) < 4.78 is -0.780. The van der Waals surface area contributed by atoms with Gasteiger partial charge >= 0.3 is 5.97 Å². The van der Waals surface area contributed by atoms with Crippen molar-refractivity contribution in [1.82, 2.24) is 0 Å². The number of carboxylic acid groups (broad SMARTS) is 1. The zero-order chi connectivity index (χ0) is 16.0. The summed E-state index contributed by atoms with van der Waals surface area (Å²) in [4.78, 5) is 22.8. The van der Waals surface area contributed by atoms with E-state index in [-0.39, 0.29) is 11.7 Å². The maximum absolute atomic E-state index is 11.9. The third kappa shape index (κ3) is 4.77. The van der Waals surface area contributed by atoms with Gasteiger partial charge in [-0.25, -0.2) is 0 Å². The number of amides is 1. The lowest BCUT2D eigenvalue weighted by atomic mass is 10.1. The van der Waals surface area contributed by atoms with Crippen molar-refractivity contribution in [2.45, 2.75) is 24.6 Å². The number of carbonyl (C=O) groups excluding carboxylic acids is 1. The van der Waals surface area contributed by atoms with E-state index in [1.54, 1.807) is 38.1 Å². The lowest BCUT2D eigenvalue weighted by Crippen LogP contribution is -2.47. The SMILES string of the molecule is CC(C)(SCC(=O)Nc1ccccc1C#N)[C@H](N)C(=O)O. The van der Waals surface area contributed by atoms with Crippen LogP contribution in [-0.2, 0) is 9.59 Å². The molecule has 0 heterocycles. The van der Waals surface area contributed by atoms with Crippen LogP contribution >= 0.6 is 11.8 Å². The molecule has 1 amide bonds. The van der Waals surface area contributed by atoms with Crippen molar-refractivity contribution < 1.29 is 14.7 Å². The predicted molar refractivity (Wildman–Crippen MR) is 81.9 cm³/mol. The van der Waals surface area contributed by atoms with E-state index in [0.29, 0.717) is 11.3 Å². The van der Waals surface area contributed by atoms with Crippen LogP contribution in [0.2, 0.25) is 0 Å². The Morgan fingerprint density at radius 1 is 1.48 bits per heavy atom. The van der Waals surface area contributed by atoms with E-state index in [9.17, 15) is 9.59 Å². The monoisotopic (exact) mass is 307 g/mol. The number of carboxylic acids is 1. The number of benzene rings is 1. The van der Waals surface area contributed by atoms with Crippen LogP contribution in [0, 0.1) is 11.3 Å². The van der Waals surface area contributed by atoms with Gasteiger partial charge in [0, 0.05) is 4.75 Å². The van der Waals surface area contributed by atoms with Crippen molar-refractivity contribution >= 4 is 29.3 Å². The van der Waals surface area contributed by atoms with Gasteiger partial charge in [0.1, 0.15) is 12.1 Å². The Bertz CT molecular complexity index is 581. The van der Waals surface area contributed by atoms with Gasteiger partial charge < -0.3 is 16.2 Å². The van der Waals surface area contributed by atoms with Crippen molar-refractivity contribution in [1.29, 1.82) is 5.26 Å². The van der Waals surface area contributed by atoms with Crippen molar-refractivity contribution in [3.05, 3.63) is 29.8 Å². The Morgan fingerprint density at radius 3 is 2.67 bits per heavy atom. The molecule has 0 unspecified atom stereocenters. The standard InChI is InChI=1S/C14H17N3O3S/c1-14(2,12(16)13(19)20)21-8-11(18)17-10-6-4-3-5-9(10)7-15/h3-6,12H,8,16H2,1-2H3,(H,17,18)(H,19,20)/t12-/m1/s1. The zero-order valence-electron chi connectivity index (χ0n) is 11.8. The Labute approximate surface area is 127 Å². The molecule has 7 heteroatoms. The number of para-hydroxylation sites is 1. The molecule has 1 atom stereocenters. The normalized spacial score (nSPS) is 12.3. The molecular formula is C14H17N3O3S. The van der Waals surface area contributed by atoms with E-state index in [1.807, 2.05) is 6.07 Å². The molecule has 4 N–H and O–H groups in total. The fraction of sp³-hybridized carbons (Fsp3) is 0.357. The van der Waals surface area contributed by atoms with Gasteiger partial charge in [-0.3, -0.25) is 9.59 Å². The summed E-state index contributed by atoms with van der Waals surface area (Å²) in [7, 11) is 0. The first-order valence-electron chi connectivity index (χ1n) is 6.19. The highest BCUT2D eigenvalue weighted by atomic mass is 32.2. The number of nitrogens with zero attached hydrogens (tertiary/aromatic N) is 1. The van der Waals surface area contributed by atoms with E-state index < -0.39 is 16.8 Å². The zero-order valence-corrected chi connectivity index (χ0v) is 12.6. The fourth-order valence-electron chi connectivity index (χ4n) is 1.51. The first kappa shape index (κ1) is 17.0. The van der Waals surface area contributed by atoms with Gasteiger partial charge in [-0.15, -0.1) is 11.8 Å². The predicted octanol–water partition coefficient (Wildman–Crippen LogP) is 1.42. The molecule has 0 aromatic heterocycles. The minimum atomic E-state index is -1.11. The molecule has 21 heavy (non-hydrogen) atoms. The average Bonchev–Trinajstić information content (AvgIpc) is 2.45. The fourth-order valence-corrected chi connectivity index (χ4v) is 2.37. The van der Waals surface area contributed by atoms with Crippen LogP contribution in [0.15, 0.2) is 24.3 Å². The molecule has 0 saturated heterocycles. The van der Waals surface area contributed by atoms with Crippen molar-refractivity contribution in [3.8, 4) is 6.07 Å². The number of thioether (sulfide) groups is 1. The summed E-state index contributed by atoms with van der Waals surface area (Å²) in [5.41, 5.74) is 6.39. The molecule has 6 nitrogen and oxygen atoms in total. The van der Waals surface area contributed by atoms with E-state index in [2.05, 4.69) is 5.32 Å². The summed E-state index contributed by atoms with van der Waals surface area (Å²) in [5, 5.41) is 20.5. The average molecular weight is 307 g/mol. The van der Waals surface area contributed by atoms with Gasteiger partial charge in [-0.1, -0.05) is 12.1 Å². The van der Waals surface area contributed by atoms with Gasteiger partial charge in [0.25, 0.3) is 0 Å². The molecule has 1 aromatic rings. The van der Waals surface area contributed by atoms with E-state index in [1.165, 1.54) is 0 Å². The highest BCUT2D eigenvalue weighted by molar-refractivity contribution is 8.01. The largest absolute Gasteiger partial charge is 0.480 e. The van der Waals surface area contributed by atoms with Gasteiger partial charge in [0.2, 0.25) is 5.91 Å². The second-order valence-electron chi connectivity index (χ2n) is 4.91. The number of nitrogens with two attached hydrogens (primary N) is 1. The molecule has 0 aliphatic carbocycles. The quantitative estimate of drug-likeness (QED) is 0.732. The molecule has 1 aromatic carbocycles. The number of carbonyl (C=O) groups is 2. The minimum Gasteiger partial charge on any atom is -0.480 e. The second kappa shape index (κ2) is 7.11. The van der Waals surface area contributed by atoms with Gasteiger partial charge in [-0.2, -0.15) is 5.26 Å². The van der Waals surface area contributed by atoms with E-state index in [4.69, 9.17) is 16.1 Å². The highest BCUT2D eigenvalue weighted by Gasteiger charge is 2.33. The van der Waals surface area contributed by atoms with Gasteiger partial charge in [0.15, 0.2) is 0 Å². The van der Waals surface area contributed by atoms with Crippen molar-refractivity contribution in [2.75, 3.05) is 11.1 Å². The molecule has 1 rings (SSSR count). The van der Waals surface area contributed by atoms with Crippen LogP contribution in [0.4, 0.5) is 5.69 Å². The summed E-state index contributed by atoms with van der Waals surface area (Å²) in [6.45, 7) is 3.35. The highest BCUT2D eigenvalue weighted by Crippen LogP contribution is 2.27. The van der Waals surface area contributed by atoms with Crippen LogP contribution in [0.5, 0.6) is 0 Å². The Morgan fingerprint density at radius 2 is 2.10 bits per heavy atom. The number of hydrogen-bond acceptors (Lipinski definition) is 5. The Kier molecular flexibility index (Phi) is 5.76. The molecule has 0 fully saturated rings. The van der Waals surface area contributed by atoms with Crippen LogP contribution in [-0.4, -0.2) is 33.5 Å². The number of nitrogens with one attached hydrogen (secondary N) is 1. The molecule has 0 spiro atoms. The maximum Gasteiger partial charge on any atom is 0.321 e. The van der Waals surface area contributed by atoms with E-state index in [0.717, 1.165) is 11.8 Å². The van der Waals surface area contributed by atoms with Gasteiger partial charge in [0.05, 0.1) is 17.0 Å². The number of rotatable bonds is 6. The summed E-state index contributed by atoms with van der Waals surface area (Å²) in [6.07, 6.45) is 0. The van der Waals surface area contributed by atoms with E-state index >= 15 is 0 Å². The van der Waals surface area contributed by atoms with Crippen LogP contribution in [0.3, 0.4) is 0 Å². The van der Waals surface area contributed by atoms with Crippen LogP contribution < -0.4 is 11.1 Å². The van der Waals surface area contributed by atoms with Crippen LogP contribution in [0.25, 0.3) is 0 Å². The molecule has 0 saturated carbocycles. The lowest BCUT2D eigenvalue weighted by Gasteiger charge is -2.27. The lowest BCUT2D eigenvalue weighted by molar-refractivity contribution is -0.139. The van der Waals surface area contributed by atoms with Crippen molar-refractivity contribution in [3.63, 3.8) is 0 Å². The minimum absolute atomic E-state index is 0.0493.